The van der Waals surface area contributed by atoms with Gasteiger partial charge in [-0.2, -0.15) is 18.4 Å². The number of alkyl halides is 3. The molecule has 1 N–H and O–H groups in total. The summed E-state index contributed by atoms with van der Waals surface area (Å²) in [5.41, 5.74) is 0.443. The highest BCUT2D eigenvalue weighted by atomic mass is 35.5. The lowest BCUT2D eigenvalue weighted by atomic mass is 10.1. The molecule has 0 aromatic heterocycles. The van der Waals surface area contributed by atoms with Crippen molar-refractivity contribution in [2.45, 2.75) is 12.7 Å². The number of anilines is 1. The number of hydrogen-bond acceptors (Lipinski definition) is 2. The predicted molar refractivity (Wildman–Crippen MR) is 74.9 cm³/mol. The van der Waals surface area contributed by atoms with Gasteiger partial charge in [0.2, 0.25) is 0 Å². The van der Waals surface area contributed by atoms with Gasteiger partial charge in [-0.3, -0.25) is 0 Å². The zero-order valence-electron chi connectivity index (χ0n) is 10.7. The van der Waals surface area contributed by atoms with E-state index in [9.17, 15) is 13.2 Å². The summed E-state index contributed by atoms with van der Waals surface area (Å²) < 4.78 is 38.8. The monoisotopic (exact) mass is 310 g/mol. The zero-order valence-corrected chi connectivity index (χ0v) is 11.5. The van der Waals surface area contributed by atoms with Crippen LogP contribution in [0, 0.1) is 11.3 Å². The highest BCUT2D eigenvalue weighted by Gasteiger charge is 2.33. The first-order chi connectivity index (χ1) is 9.90. The van der Waals surface area contributed by atoms with Gasteiger partial charge in [-0.25, -0.2) is 0 Å². The van der Waals surface area contributed by atoms with Gasteiger partial charge in [0.15, 0.2) is 0 Å². The SMILES string of the molecule is N#Cc1ccc(CNc2ccc(Cl)cc2C(F)(F)F)cc1. The fraction of sp³-hybridized carbons (Fsp3) is 0.133. The van der Waals surface area contributed by atoms with E-state index in [1.165, 1.54) is 12.1 Å². The lowest BCUT2D eigenvalue weighted by Crippen LogP contribution is -2.10. The third kappa shape index (κ3) is 3.89. The molecule has 6 heteroatoms. The molecule has 0 aliphatic carbocycles. The minimum atomic E-state index is -4.47. The summed E-state index contributed by atoms with van der Waals surface area (Å²) in [6.07, 6.45) is -4.47. The minimum absolute atomic E-state index is 0.0312. The van der Waals surface area contributed by atoms with Crippen LogP contribution in [0.4, 0.5) is 18.9 Å². The van der Waals surface area contributed by atoms with Crippen molar-refractivity contribution in [3.63, 3.8) is 0 Å². The largest absolute Gasteiger partial charge is 0.418 e. The van der Waals surface area contributed by atoms with Crippen LogP contribution in [0.5, 0.6) is 0 Å². The van der Waals surface area contributed by atoms with Crippen molar-refractivity contribution in [1.29, 1.82) is 5.26 Å². The van der Waals surface area contributed by atoms with Crippen LogP contribution in [0.15, 0.2) is 42.5 Å². The Kier molecular flexibility index (Phi) is 4.39. The molecule has 108 valence electrons. The predicted octanol–water partition coefficient (Wildman–Crippen LogP) is 4.84. The third-order valence-electron chi connectivity index (χ3n) is 2.85. The third-order valence-corrected chi connectivity index (χ3v) is 3.09. The first-order valence-corrected chi connectivity index (χ1v) is 6.37. The summed E-state index contributed by atoms with van der Waals surface area (Å²) in [6, 6.07) is 12.2. The molecule has 0 aliphatic rings. The molecular formula is C15H10ClF3N2. The zero-order chi connectivity index (χ0) is 15.5. The molecule has 0 amide bonds. The molecule has 0 atom stereocenters. The summed E-state index contributed by atoms with van der Waals surface area (Å²) in [6.45, 7) is 0.219. The lowest BCUT2D eigenvalue weighted by Gasteiger charge is -2.15. The van der Waals surface area contributed by atoms with Crippen molar-refractivity contribution in [2.75, 3.05) is 5.32 Å². The maximum absolute atomic E-state index is 12.9. The number of benzene rings is 2. The maximum Gasteiger partial charge on any atom is 0.418 e. The van der Waals surface area contributed by atoms with Gasteiger partial charge >= 0.3 is 6.18 Å². The number of halogens is 4. The van der Waals surface area contributed by atoms with Gasteiger partial charge in [0.1, 0.15) is 0 Å². The molecular weight excluding hydrogens is 301 g/mol. The van der Waals surface area contributed by atoms with Crippen LogP contribution < -0.4 is 5.32 Å². The Balaban J connectivity index is 2.18. The second kappa shape index (κ2) is 6.06. The molecule has 2 nitrogen and oxygen atoms in total. The normalized spacial score (nSPS) is 11.0. The number of nitriles is 1. The van der Waals surface area contributed by atoms with Crippen LogP contribution >= 0.6 is 11.6 Å². The first-order valence-electron chi connectivity index (χ1n) is 6.00. The van der Waals surface area contributed by atoms with Crippen LogP contribution in [-0.4, -0.2) is 0 Å². The summed E-state index contributed by atoms with van der Waals surface area (Å²) in [7, 11) is 0. The van der Waals surface area contributed by atoms with Crippen LogP contribution in [0.3, 0.4) is 0 Å². The van der Waals surface area contributed by atoms with Crippen LogP contribution in [-0.2, 0) is 12.7 Å². The maximum atomic E-state index is 12.9. The Hall–Kier alpha value is -2.19. The Morgan fingerprint density at radius 1 is 1.10 bits per heavy atom. The molecule has 0 spiro atoms. The van der Waals surface area contributed by atoms with E-state index in [1.54, 1.807) is 24.3 Å². The lowest BCUT2D eigenvalue weighted by molar-refractivity contribution is -0.136. The van der Waals surface area contributed by atoms with Gasteiger partial charge in [-0.1, -0.05) is 23.7 Å². The summed E-state index contributed by atoms with van der Waals surface area (Å²) >= 11 is 5.62. The number of rotatable bonds is 3. The number of hydrogen-bond donors (Lipinski definition) is 1. The first kappa shape index (κ1) is 15.2. The quantitative estimate of drug-likeness (QED) is 0.880. The van der Waals surface area contributed by atoms with E-state index in [-0.39, 0.29) is 17.3 Å². The van der Waals surface area contributed by atoms with Crippen LogP contribution in [0.1, 0.15) is 16.7 Å². The molecule has 2 aromatic rings. The number of nitrogens with one attached hydrogen (secondary N) is 1. The fourth-order valence-corrected chi connectivity index (χ4v) is 1.97. The molecule has 0 unspecified atom stereocenters. The van der Waals surface area contributed by atoms with E-state index in [2.05, 4.69) is 5.32 Å². The Labute approximate surface area is 124 Å². The Morgan fingerprint density at radius 2 is 1.76 bits per heavy atom. The second-order valence-corrected chi connectivity index (χ2v) is 4.79. The minimum Gasteiger partial charge on any atom is -0.380 e. The molecule has 0 aliphatic heterocycles. The van der Waals surface area contributed by atoms with Crippen molar-refractivity contribution in [2.24, 2.45) is 0 Å². The van der Waals surface area contributed by atoms with Crippen molar-refractivity contribution in [1.82, 2.24) is 0 Å². The van der Waals surface area contributed by atoms with E-state index in [0.717, 1.165) is 11.6 Å². The van der Waals surface area contributed by atoms with Crippen molar-refractivity contribution < 1.29 is 13.2 Å². The van der Waals surface area contributed by atoms with E-state index < -0.39 is 11.7 Å². The van der Waals surface area contributed by atoms with E-state index in [4.69, 9.17) is 16.9 Å². The highest BCUT2D eigenvalue weighted by molar-refractivity contribution is 6.30. The van der Waals surface area contributed by atoms with Crippen molar-refractivity contribution >= 4 is 17.3 Å². The van der Waals surface area contributed by atoms with Gasteiger partial charge in [0.05, 0.1) is 17.2 Å². The molecule has 2 aromatic carbocycles. The second-order valence-electron chi connectivity index (χ2n) is 4.35. The molecule has 21 heavy (non-hydrogen) atoms. The average Bonchev–Trinajstić information content (AvgIpc) is 2.45. The van der Waals surface area contributed by atoms with Gasteiger partial charge in [0.25, 0.3) is 0 Å². The van der Waals surface area contributed by atoms with E-state index in [0.29, 0.717) is 5.56 Å². The number of nitrogens with zero attached hydrogens (tertiary/aromatic N) is 1. The smallest absolute Gasteiger partial charge is 0.380 e. The molecule has 0 radical (unpaired) electrons. The van der Waals surface area contributed by atoms with Crippen molar-refractivity contribution in [3.05, 3.63) is 64.2 Å². The molecule has 0 bridgehead atoms. The highest BCUT2D eigenvalue weighted by Crippen LogP contribution is 2.36. The summed E-state index contributed by atoms with van der Waals surface area (Å²) in [5.74, 6) is 0. The van der Waals surface area contributed by atoms with E-state index >= 15 is 0 Å². The van der Waals surface area contributed by atoms with Gasteiger partial charge in [-0.05, 0) is 35.9 Å². The molecule has 2 rings (SSSR count). The topological polar surface area (TPSA) is 35.8 Å². The molecule has 0 heterocycles. The van der Waals surface area contributed by atoms with Gasteiger partial charge < -0.3 is 5.32 Å². The van der Waals surface area contributed by atoms with Gasteiger partial charge in [0, 0.05) is 17.3 Å². The van der Waals surface area contributed by atoms with Crippen LogP contribution in [0.25, 0.3) is 0 Å². The standard InChI is InChI=1S/C15H10ClF3N2/c16-12-5-6-14(13(7-12)15(17,18)19)21-9-11-3-1-10(8-20)2-4-11/h1-7,21H,9H2. The average molecular weight is 311 g/mol. The fourth-order valence-electron chi connectivity index (χ4n) is 1.80. The van der Waals surface area contributed by atoms with Crippen LogP contribution in [0.2, 0.25) is 5.02 Å². The van der Waals surface area contributed by atoms with Gasteiger partial charge in [-0.15, -0.1) is 0 Å². The Morgan fingerprint density at radius 3 is 2.33 bits per heavy atom. The van der Waals surface area contributed by atoms with Crippen molar-refractivity contribution in [3.8, 4) is 6.07 Å². The molecule has 0 saturated heterocycles. The Bertz CT molecular complexity index is 673. The summed E-state index contributed by atoms with van der Waals surface area (Å²) in [5, 5.41) is 11.5. The summed E-state index contributed by atoms with van der Waals surface area (Å²) in [4.78, 5) is 0. The molecule has 0 fully saturated rings. The molecule has 0 saturated carbocycles. The van der Waals surface area contributed by atoms with E-state index in [1.807, 2.05) is 6.07 Å².